The van der Waals surface area contributed by atoms with E-state index >= 15 is 0 Å². The van der Waals surface area contributed by atoms with Gasteiger partial charge < -0.3 is 24.3 Å². The average molecular weight is 544 g/mol. The van der Waals surface area contributed by atoms with Gasteiger partial charge in [0.1, 0.15) is 30.1 Å². The number of amides is 1. The van der Waals surface area contributed by atoms with Gasteiger partial charge in [-0.1, -0.05) is 32.5 Å². The first-order valence-electron chi connectivity index (χ1n) is 14.1. The van der Waals surface area contributed by atoms with Gasteiger partial charge in [0.05, 0.1) is 5.39 Å². The van der Waals surface area contributed by atoms with Crippen LogP contribution in [-0.4, -0.2) is 70.7 Å². The Labute approximate surface area is 227 Å². The number of hydrogen-bond acceptors (Lipinski definition) is 7. The standard InChI is InChI=1S/C28H45N5O4Si/c1-28(2,3)37-27(35)32-13-9-12-21(16-32)31-25-23-22(24(34)20-10-7-8-11-20)17-33(26(23)30-18-29-25)19-36-14-15-38(4,5)6/h17-18,20-21H,7-16,19H2,1-6H3,(H,29,30,31)/t21-/m1/s1. The molecule has 2 fully saturated rings. The summed E-state index contributed by atoms with van der Waals surface area (Å²) in [5, 5.41) is 4.31. The molecular weight excluding hydrogens is 498 g/mol. The number of piperidine rings is 1. The van der Waals surface area contributed by atoms with Gasteiger partial charge in [0.25, 0.3) is 0 Å². The molecule has 1 saturated heterocycles. The Balaban J connectivity index is 1.58. The number of carbonyl (C=O) groups excluding carboxylic acids is 2. The molecule has 1 saturated carbocycles. The van der Waals surface area contributed by atoms with E-state index in [0.717, 1.165) is 50.0 Å². The molecule has 2 aromatic heterocycles. The number of rotatable bonds is 9. The predicted molar refractivity (Wildman–Crippen MR) is 152 cm³/mol. The van der Waals surface area contributed by atoms with Gasteiger partial charge in [0, 0.05) is 51.5 Å². The number of ether oxygens (including phenoxy) is 2. The average Bonchev–Trinajstić information content (AvgIpc) is 3.49. The van der Waals surface area contributed by atoms with Crippen LogP contribution in [0.4, 0.5) is 10.6 Å². The van der Waals surface area contributed by atoms with E-state index in [4.69, 9.17) is 9.47 Å². The first kappa shape index (κ1) is 28.5. The molecule has 4 rings (SSSR count). The van der Waals surface area contributed by atoms with Crippen molar-refractivity contribution < 1.29 is 19.1 Å². The minimum Gasteiger partial charge on any atom is -0.444 e. The molecule has 210 valence electrons. The van der Waals surface area contributed by atoms with Gasteiger partial charge in [-0.05, 0) is 52.5 Å². The van der Waals surface area contributed by atoms with Crippen molar-refractivity contribution >= 4 is 36.8 Å². The van der Waals surface area contributed by atoms with Crippen molar-refractivity contribution in [1.29, 1.82) is 0 Å². The Morgan fingerprint density at radius 3 is 2.53 bits per heavy atom. The molecule has 3 heterocycles. The monoisotopic (exact) mass is 543 g/mol. The predicted octanol–water partition coefficient (Wildman–Crippen LogP) is 5.93. The summed E-state index contributed by atoms with van der Waals surface area (Å²) in [7, 11) is -1.20. The lowest BCUT2D eigenvalue weighted by molar-refractivity contribution is 0.0206. The fourth-order valence-electron chi connectivity index (χ4n) is 5.25. The summed E-state index contributed by atoms with van der Waals surface area (Å²) in [5.41, 5.74) is 0.839. The minimum atomic E-state index is -1.20. The van der Waals surface area contributed by atoms with Crippen LogP contribution in [0.2, 0.25) is 25.7 Å². The van der Waals surface area contributed by atoms with Crippen molar-refractivity contribution in [3.63, 3.8) is 0 Å². The van der Waals surface area contributed by atoms with E-state index in [0.29, 0.717) is 43.5 Å². The van der Waals surface area contributed by atoms with Gasteiger partial charge in [-0.15, -0.1) is 0 Å². The second-order valence-corrected chi connectivity index (χ2v) is 18.7. The number of hydrogen-bond donors (Lipinski definition) is 1. The normalized spacial score (nSPS) is 19.2. The highest BCUT2D eigenvalue weighted by atomic mass is 28.3. The molecule has 38 heavy (non-hydrogen) atoms. The molecule has 1 N–H and O–H groups in total. The van der Waals surface area contributed by atoms with Gasteiger partial charge in [0.15, 0.2) is 5.78 Å². The summed E-state index contributed by atoms with van der Waals surface area (Å²) in [4.78, 5) is 37.3. The largest absolute Gasteiger partial charge is 0.444 e. The molecule has 0 bridgehead atoms. The first-order valence-corrected chi connectivity index (χ1v) is 17.8. The third kappa shape index (κ3) is 7.34. The Morgan fingerprint density at radius 1 is 1.11 bits per heavy atom. The van der Waals surface area contributed by atoms with Gasteiger partial charge in [-0.25, -0.2) is 14.8 Å². The number of fused-ring (bicyclic) bond motifs is 1. The van der Waals surface area contributed by atoms with Crippen LogP contribution >= 0.6 is 0 Å². The van der Waals surface area contributed by atoms with Crippen molar-refractivity contribution in [1.82, 2.24) is 19.4 Å². The molecule has 0 radical (unpaired) electrons. The molecule has 10 heteroatoms. The van der Waals surface area contributed by atoms with E-state index in [2.05, 4.69) is 34.9 Å². The number of carbonyl (C=O) groups is 2. The lowest BCUT2D eigenvalue weighted by atomic mass is 9.96. The third-order valence-electron chi connectivity index (χ3n) is 7.29. The number of nitrogens with one attached hydrogen (secondary N) is 1. The number of Topliss-reactive ketones (excluding diaryl/α,β-unsaturated/α-hetero) is 1. The van der Waals surface area contributed by atoms with Gasteiger partial charge >= 0.3 is 6.09 Å². The van der Waals surface area contributed by atoms with E-state index in [1.807, 2.05) is 31.5 Å². The smallest absolute Gasteiger partial charge is 0.410 e. The molecule has 2 aliphatic rings. The second-order valence-electron chi connectivity index (χ2n) is 13.0. The number of likely N-dealkylation sites (tertiary alicyclic amines) is 1. The zero-order valence-corrected chi connectivity index (χ0v) is 25.0. The summed E-state index contributed by atoms with van der Waals surface area (Å²) in [6.45, 7) is 14.9. The number of aromatic nitrogens is 3. The van der Waals surface area contributed by atoms with E-state index < -0.39 is 13.7 Å². The van der Waals surface area contributed by atoms with E-state index in [1.54, 1.807) is 11.2 Å². The van der Waals surface area contributed by atoms with Crippen LogP contribution in [0.25, 0.3) is 11.0 Å². The van der Waals surface area contributed by atoms with Crippen molar-refractivity contribution in [3.05, 3.63) is 18.1 Å². The van der Waals surface area contributed by atoms with Crippen LogP contribution in [-0.2, 0) is 16.2 Å². The molecule has 0 spiro atoms. The molecule has 0 unspecified atom stereocenters. The van der Waals surface area contributed by atoms with Gasteiger partial charge in [-0.2, -0.15) is 0 Å². The van der Waals surface area contributed by atoms with Crippen molar-refractivity contribution in [2.24, 2.45) is 5.92 Å². The molecule has 1 aliphatic heterocycles. The summed E-state index contributed by atoms with van der Waals surface area (Å²) >= 11 is 0. The van der Waals surface area contributed by atoms with Crippen LogP contribution in [0, 0.1) is 5.92 Å². The van der Waals surface area contributed by atoms with Crippen molar-refractivity contribution in [3.8, 4) is 0 Å². The van der Waals surface area contributed by atoms with Gasteiger partial charge in [-0.3, -0.25) is 4.79 Å². The zero-order valence-electron chi connectivity index (χ0n) is 24.0. The van der Waals surface area contributed by atoms with Crippen LogP contribution in [0.15, 0.2) is 12.5 Å². The number of nitrogens with zero attached hydrogens (tertiary/aromatic N) is 4. The maximum Gasteiger partial charge on any atom is 0.410 e. The Hall–Kier alpha value is -2.46. The lowest BCUT2D eigenvalue weighted by Crippen LogP contribution is -2.47. The lowest BCUT2D eigenvalue weighted by Gasteiger charge is -2.34. The summed E-state index contributed by atoms with van der Waals surface area (Å²) < 4.78 is 13.6. The first-order chi connectivity index (χ1) is 17.9. The number of ketones is 1. The SMILES string of the molecule is CC(C)(C)OC(=O)N1CCC[C@@H](Nc2ncnc3c2c(C(=O)C2CCCC2)cn3COCC[Si](C)(C)C)C1. The second kappa shape index (κ2) is 11.7. The quantitative estimate of drug-likeness (QED) is 0.238. The third-order valence-corrected chi connectivity index (χ3v) is 8.99. The fourth-order valence-corrected chi connectivity index (χ4v) is 6.00. The topological polar surface area (TPSA) is 98.6 Å². The van der Waals surface area contributed by atoms with E-state index in [-0.39, 0.29) is 23.8 Å². The Kier molecular flexibility index (Phi) is 8.81. The molecule has 1 amide bonds. The Morgan fingerprint density at radius 2 is 1.84 bits per heavy atom. The van der Waals surface area contributed by atoms with Gasteiger partial charge in [0.2, 0.25) is 0 Å². The number of anilines is 1. The fraction of sp³-hybridized carbons (Fsp3) is 0.714. The van der Waals surface area contributed by atoms with Crippen LogP contribution < -0.4 is 5.32 Å². The molecular formula is C28H45N5O4Si. The van der Waals surface area contributed by atoms with Crippen molar-refractivity contribution in [2.75, 3.05) is 25.0 Å². The van der Waals surface area contributed by atoms with Crippen LogP contribution in [0.3, 0.4) is 0 Å². The highest BCUT2D eigenvalue weighted by molar-refractivity contribution is 6.76. The van der Waals surface area contributed by atoms with Crippen LogP contribution in [0.5, 0.6) is 0 Å². The highest BCUT2D eigenvalue weighted by Crippen LogP contribution is 2.34. The summed E-state index contributed by atoms with van der Waals surface area (Å²) in [6.07, 6.45) is 8.98. The van der Waals surface area contributed by atoms with E-state index in [1.165, 1.54) is 0 Å². The maximum atomic E-state index is 13.7. The highest BCUT2D eigenvalue weighted by Gasteiger charge is 2.31. The summed E-state index contributed by atoms with van der Waals surface area (Å²) in [5.74, 6) is 0.866. The minimum absolute atomic E-state index is 0.000134. The Bertz CT molecular complexity index is 1130. The van der Waals surface area contributed by atoms with Crippen molar-refractivity contribution in [2.45, 2.75) is 103 Å². The molecule has 0 aromatic carbocycles. The molecule has 1 aliphatic carbocycles. The van der Waals surface area contributed by atoms with E-state index in [9.17, 15) is 9.59 Å². The maximum absolute atomic E-state index is 13.7. The summed E-state index contributed by atoms with van der Waals surface area (Å²) in [6, 6.07) is 1.08. The molecule has 1 atom stereocenters. The van der Waals surface area contributed by atoms with Crippen LogP contribution in [0.1, 0.15) is 69.7 Å². The molecule has 9 nitrogen and oxygen atoms in total. The zero-order chi connectivity index (χ0) is 27.5. The molecule has 2 aromatic rings.